The second-order valence-corrected chi connectivity index (χ2v) is 7.06. The standard InChI is InChI=1S/C18H18O4S/c1-14-3-7-16(8-4-14)18(19)13-23(20,21)12-11-15-5-9-17(22-2)10-6-15/h3-12H,13H2,1-2H3/b12-11+. The van der Waals surface area contributed by atoms with Gasteiger partial charge < -0.3 is 4.74 Å². The molecule has 2 rings (SSSR count). The van der Waals surface area contributed by atoms with Crippen molar-refractivity contribution >= 4 is 21.7 Å². The van der Waals surface area contributed by atoms with Crippen LogP contribution in [0, 0.1) is 6.92 Å². The summed E-state index contributed by atoms with van der Waals surface area (Å²) >= 11 is 0. The van der Waals surface area contributed by atoms with E-state index >= 15 is 0 Å². The van der Waals surface area contributed by atoms with Crippen LogP contribution in [0.4, 0.5) is 0 Å². The molecule has 0 radical (unpaired) electrons. The lowest BCUT2D eigenvalue weighted by molar-refractivity contribution is 0.102. The third-order valence-electron chi connectivity index (χ3n) is 3.29. The minimum absolute atomic E-state index is 0.400. The molecule has 0 spiro atoms. The van der Waals surface area contributed by atoms with Gasteiger partial charge in [-0.1, -0.05) is 42.0 Å². The molecule has 4 nitrogen and oxygen atoms in total. The van der Waals surface area contributed by atoms with E-state index in [2.05, 4.69) is 0 Å². The van der Waals surface area contributed by atoms with Crippen molar-refractivity contribution in [2.45, 2.75) is 6.92 Å². The molecule has 0 saturated carbocycles. The zero-order valence-electron chi connectivity index (χ0n) is 13.0. The largest absolute Gasteiger partial charge is 0.497 e. The molecule has 0 unspecified atom stereocenters. The number of methoxy groups -OCH3 is 1. The van der Waals surface area contributed by atoms with Gasteiger partial charge in [-0.2, -0.15) is 0 Å². The average Bonchev–Trinajstić information content (AvgIpc) is 2.53. The molecule has 0 aliphatic carbocycles. The van der Waals surface area contributed by atoms with E-state index in [1.807, 2.05) is 6.92 Å². The molecule has 0 amide bonds. The number of ketones is 1. The van der Waals surface area contributed by atoms with Crippen molar-refractivity contribution in [2.75, 3.05) is 12.9 Å². The van der Waals surface area contributed by atoms with Gasteiger partial charge >= 0.3 is 0 Å². The normalized spacial score (nSPS) is 11.6. The third kappa shape index (κ3) is 5.07. The number of carbonyl (C=O) groups excluding carboxylic acids is 1. The maximum Gasteiger partial charge on any atom is 0.179 e. The molecule has 0 N–H and O–H groups in total. The van der Waals surface area contributed by atoms with Crippen LogP contribution in [-0.2, 0) is 9.84 Å². The molecule has 0 aliphatic heterocycles. The number of hydrogen-bond donors (Lipinski definition) is 0. The molecule has 0 saturated heterocycles. The van der Waals surface area contributed by atoms with Crippen molar-refractivity contribution in [3.8, 4) is 5.75 Å². The zero-order chi connectivity index (χ0) is 16.9. The second-order valence-electron chi connectivity index (χ2n) is 5.17. The van der Waals surface area contributed by atoms with Crippen molar-refractivity contribution in [3.05, 3.63) is 70.6 Å². The molecule has 0 heterocycles. The summed E-state index contributed by atoms with van der Waals surface area (Å²) in [4.78, 5) is 12.0. The summed E-state index contributed by atoms with van der Waals surface area (Å²) in [7, 11) is -2.05. The van der Waals surface area contributed by atoms with Gasteiger partial charge in [-0.05, 0) is 30.7 Å². The predicted molar refractivity (Wildman–Crippen MR) is 91.3 cm³/mol. The number of carbonyl (C=O) groups is 1. The van der Waals surface area contributed by atoms with Crippen molar-refractivity contribution in [2.24, 2.45) is 0 Å². The first-order valence-electron chi connectivity index (χ1n) is 7.04. The monoisotopic (exact) mass is 330 g/mol. The molecule has 2 aromatic rings. The Labute approximate surface area is 136 Å². The van der Waals surface area contributed by atoms with E-state index in [-0.39, 0.29) is 0 Å². The maximum absolute atomic E-state index is 12.0. The fourth-order valence-corrected chi connectivity index (χ4v) is 2.94. The molecule has 0 fully saturated rings. The highest BCUT2D eigenvalue weighted by molar-refractivity contribution is 7.95. The van der Waals surface area contributed by atoms with Gasteiger partial charge in [0.05, 0.1) is 7.11 Å². The van der Waals surface area contributed by atoms with Crippen LogP contribution >= 0.6 is 0 Å². The molecule has 5 heteroatoms. The number of hydrogen-bond acceptors (Lipinski definition) is 4. The van der Waals surface area contributed by atoms with Crippen LogP contribution in [0.1, 0.15) is 21.5 Å². The minimum Gasteiger partial charge on any atom is -0.497 e. The SMILES string of the molecule is COc1ccc(/C=C/S(=O)(=O)CC(=O)c2ccc(C)cc2)cc1. The number of benzene rings is 2. The van der Waals surface area contributed by atoms with Crippen LogP contribution in [0.5, 0.6) is 5.75 Å². The van der Waals surface area contributed by atoms with Gasteiger partial charge in [-0.15, -0.1) is 0 Å². The molecule has 2 aromatic carbocycles. The molecular formula is C18H18O4S. The summed E-state index contributed by atoms with van der Waals surface area (Å²) in [6.45, 7) is 1.91. The van der Waals surface area contributed by atoms with Gasteiger partial charge in [0.25, 0.3) is 0 Å². The fourth-order valence-electron chi connectivity index (χ4n) is 1.95. The highest BCUT2D eigenvalue weighted by Crippen LogP contribution is 2.13. The smallest absolute Gasteiger partial charge is 0.179 e. The van der Waals surface area contributed by atoms with Gasteiger partial charge in [0.15, 0.2) is 15.6 Å². The lowest BCUT2D eigenvalue weighted by Crippen LogP contribution is -2.13. The van der Waals surface area contributed by atoms with E-state index in [1.165, 1.54) is 6.08 Å². The summed E-state index contributed by atoms with van der Waals surface area (Å²) < 4.78 is 29.1. The van der Waals surface area contributed by atoms with Crippen LogP contribution in [0.25, 0.3) is 6.08 Å². The average molecular weight is 330 g/mol. The lowest BCUT2D eigenvalue weighted by Gasteiger charge is -2.01. The van der Waals surface area contributed by atoms with Gasteiger partial charge in [-0.25, -0.2) is 8.42 Å². The first-order chi connectivity index (χ1) is 10.9. The van der Waals surface area contributed by atoms with E-state index in [0.29, 0.717) is 11.3 Å². The summed E-state index contributed by atoms with van der Waals surface area (Å²) in [5.41, 5.74) is 2.14. The predicted octanol–water partition coefficient (Wildman–Crippen LogP) is 3.27. The third-order valence-corrected chi connectivity index (χ3v) is 4.50. The number of Topliss-reactive ketones (excluding diaryl/α,β-unsaturated/α-hetero) is 1. The Balaban J connectivity index is 2.07. The summed E-state index contributed by atoms with van der Waals surface area (Å²) in [6.07, 6.45) is 1.47. The van der Waals surface area contributed by atoms with E-state index < -0.39 is 21.4 Å². The molecule has 0 atom stereocenters. The van der Waals surface area contributed by atoms with Crippen LogP contribution in [0.2, 0.25) is 0 Å². The first-order valence-corrected chi connectivity index (χ1v) is 8.76. The van der Waals surface area contributed by atoms with Crippen LogP contribution in [-0.4, -0.2) is 27.1 Å². The lowest BCUT2D eigenvalue weighted by atomic mass is 10.1. The Morgan fingerprint density at radius 1 is 1.04 bits per heavy atom. The maximum atomic E-state index is 12.0. The quantitative estimate of drug-likeness (QED) is 0.763. The van der Waals surface area contributed by atoms with E-state index in [1.54, 1.807) is 55.6 Å². The Morgan fingerprint density at radius 2 is 1.65 bits per heavy atom. The van der Waals surface area contributed by atoms with Crippen LogP contribution in [0.15, 0.2) is 53.9 Å². The summed E-state index contributed by atoms with van der Waals surface area (Å²) in [5.74, 6) is -0.258. The Hall–Kier alpha value is -2.40. The Morgan fingerprint density at radius 3 is 2.22 bits per heavy atom. The molecular weight excluding hydrogens is 312 g/mol. The zero-order valence-corrected chi connectivity index (χ0v) is 13.8. The first kappa shape index (κ1) is 17.0. The molecule has 23 heavy (non-hydrogen) atoms. The van der Waals surface area contributed by atoms with E-state index in [4.69, 9.17) is 4.74 Å². The number of ether oxygens (including phenoxy) is 1. The Bertz CT molecular complexity index is 801. The fraction of sp³-hybridized carbons (Fsp3) is 0.167. The van der Waals surface area contributed by atoms with Crippen molar-refractivity contribution in [3.63, 3.8) is 0 Å². The van der Waals surface area contributed by atoms with Crippen LogP contribution < -0.4 is 4.74 Å². The van der Waals surface area contributed by atoms with Gasteiger partial charge in [0.2, 0.25) is 0 Å². The number of rotatable bonds is 6. The molecule has 0 bridgehead atoms. The van der Waals surface area contributed by atoms with E-state index in [9.17, 15) is 13.2 Å². The molecule has 120 valence electrons. The summed E-state index contributed by atoms with van der Waals surface area (Å²) in [6, 6.07) is 13.8. The highest BCUT2D eigenvalue weighted by atomic mass is 32.2. The number of sulfone groups is 1. The van der Waals surface area contributed by atoms with Crippen LogP contribution in [0.3, 0.4) is 0 Å². The molecule has 0 aliphatic rings. The summed E-state index contributed by atoms with van der Waals surface area (Å²) in [5, 5.41) is 1.07. The second kappa shape index (κ2) is 7.24. The van der Waals surface area contributed by atoms with Gasteiger partial charge in [-0.3, -0.25) is 4.79 Å². The van der Waals surface area contributed by atoms with Crippen molar-refractivity contribution in [1.82, 2.24) is 0 Å². The topological polar surface area (TPSA) is 60.4 Å². The molecule has 0 aromatic heterocycles. The van der Waals surface area contributed by atoms with Crippen molar-refractivity contribution < 1.29 is 17.9 Å². The van der Waals surface area contributed by atoms with Crippen molar-refractivity contribution in [1.29, 1.82) is 0 Å². The Kier molecular flexibility index (Phi) is 5.34. The van der Waals surface area contributed by atoms with Gasteiger partial charge in [0, 0.05) is 11.0 Å². The minimum atomic E-state index is -3.61. The number of aryl methyl sites for hydroxylation is 1. The highest BCUT2D eigenvalue weighted by Gasteiger charge is 2.15. The van der Waals surface area contributed by atoms with Gasteiger partial charge in [0.1, 0.15) is 11.5 Å². The van der Waals surface area contributed by atoms with E-state index in [0.717, 1.165) is 16.5 Å².